The Labute approximate surface area is 184 Å². The van der Waals surface area contributed by atoms with Gasteiger partial charge in [-0.3, -0.25) is 9.59 Å². The SMILES string of the molecule is Cc1cc2c(cc1S(=O)(=O)N1CCC(C(=O)N3CCCC[C@@H]3C)CC1)O[C@@H](C)C(=O)N2. The van der Waals surface area contributed by atoms with Gasteiger partial charge in [0.2, 0.25) is 15.9 Å². The topological polar surface area (TPSA) is 96.0 Å². The van der Waals surface area contributed by atoms with E-state index in [9.17, 15) is 18.0 Å². The number of likely N-dealkylation sites (tertiary alicyclic amines) is 1. The highest BCUT2D eigenvalue weighted by atomic mass is 32.2. The summed E-state index contributed by atoms with van der Waals surface area (Å²) in [5, 5.41) is 2.75. The first-order valence-electron chi connectivity index (χ1n) is 11.1. The van der Waals surface area contributed by atoms with Crippen LogP contribution in [0.1, 0.15) is 51.5 Å². The van der Waals surface area contributed by atoms with E-state index in [1.54, 1.807) is 19.9 Å². The molecule has 2 amide bonds. The van der Waals surface area contributed by atoms with Gasteiger partial charge < -0.3 is 15.0 Å². The molecule has 31 heavy (non-hydrogen) atoms. The number of nitrogens with one attached hydrogen (secondary N) is 1. The van der Waals surface area contributed by atoms with Crippen LogP contribution in [0.5, 0.6) is 5.75 Å². The molecule has 170 valence electrons. The zero-order chi connectivity index (χ0) is 22.3. The van der Waals surface area contributed by atoms with Gasteiger partial charge in [0.05, 0.1) is 10.6 Å². The van der Waals surface area contributed by atoms with Crippen LogP contribution in [0.15, 0.2) is 17.0 Å². The molecule has 4 rings (SSSR count). The van der Waals surface area contributed by atoms with Crippen molar-refractivity contribution in [3.63, 3.8) is 0 Å². The molecule has 0 aromatic heterocycles. The average Bonchev–Trinajstić information content (AvgIpc) is 2.74. The van der Waals surface area contributed by atoms with Gasteiger partial charge in [0.15, 0.2) is 6.10 Å². The molecule has 3 heterocycles. The smallest absolute Gasteiger partial charge is 0.265 e. The van der Waals surface area contributed by atoms with E-state index in [1.165, 1.54) is 10.4 Å². The molecule has 3 aliphatic heterocycles. The normalized spacial score (nSPS) is 25.5. The summed E-state index contributed by atoms with van der Waals surface area (Å²) in [5.41, 5.74) is 1.04. The van der Waals surface area contributed by atoms with E-state index in [1.807, 2.05) is 4.90 Å². The molecule has 2 saturated heterocycles. The molecule has 8 nitrogen and oxygen atoms in total. The fourth-order valence-electron chi connectivity index (χ4n) is 4.76. The summed E-state index contributed by atoms with van der Waals surface area (Å²) in [6.45, 7) is 6.89. The maximum Gasteiger partial charge on any atom is 0.265 e. The van der Waals surface area contributed by atoms with E-state index in [0.29, 0.717) is 42.9 Å². The Kier molecular flexibility index (Phi) is 6.00. The average molecular weight is 450 g/mol. The second kappa shape index (κ2) is 8.43. The number of benzene rings is 1. The lowest BCUT2D eigenvalue weighted by atomic mass is 9.94. The predicted octanol–water partition coefficient (Wildman–Crippen LogP) is 2.52. The van der Waals surface area contributed by atoms with Crippen LogP contribution in [0.4, 0.5) is 5.69 Å². The first-order valence-corrected chi connectivity index (χ1v) is 12.6. The fourth-order valence-corrected chi connectivity index (χ4v) is 6.45. The Hall–Kier alpha value is -2.13. The minimum absolute atomic E-state index is 0.115. The Morgan fingerprint density at radius 2 is 1.81 bits per heavy atom. The number of carbonyl (C=O) groups is 2. The Balaban J connectivity index is 1.48. The third-order valence-corrected chi connectivity index (χ3v) is 8.76. The highest BCUT2D eigenvalue weighted by molar-refractivity contribution is 7.89. The van der Waals surface area contributed by atoms with E-state index in [-0.39, 0.29) is 28.7 Å². The molecule has 0 radical (unpaired) electrons. The fraction of sp³-hybridized carbons (Fsp3) is 0.636. The number of aryl methyl sites for hydroxylation is 1. The minimum atomic E-state index is -3.73. The summed E-state index contributed by atoms with van der Waals surface area (Å²) >= 11 is 0. The summed E-state index contributed by atoms with van der Waals surface area (Å²) in [6.07, 6.45) is 3.64. The number of amides is 2. The Morgan fingerprint density at radius 1 is 1.10 bits per heavy atom. The van der Waals surface area contributed by atoms with E-state index < -0.39 is 16.1 Å². The highest BCUT2D eigenvalue weighted by Crippen LogP contribution is 2.36. The van der Waals surface area contributed by atoms with Crippen LogP contribution in [0, 0.1) is 12.8 Å². The predicted molar refractivity (Wildman–Crippen MR) is 116 cm³/mol. The van der Waals surface area contributed by atoms with E-state index in [4.69, 9.17) is 4.74 Å². The summed E-state index contributed by atoms with van der Waals surface area (Å²) in [7, 11) is -3.73. The van der Waals surface area contributed by atoms with E-state index in [0.717, 1.165) is 25.8 Å². The number of hydrogen-bond donors (Lipinski definition) is 1. The van der Waals surface area contributed by atoms with Crippen molar-refractivity contribution < 1.29 is 22.7 Å². The maximum absolute atomic E-state index is 13.4. The molecule has 0 bridgehead atoms. The molecule has 0 unspecified atom stereocenters. The molecule has 1 aromatic rings. The zero-order valence-electron chi connectivity index (χ0n) is 18.4. The van der Waals surface area contributed by atoms with E-state index >= 15 is 0 Å². The standard InChI is InChI=1S/C22H31N3O5S/c1-14-12-18-19(30-16(3)21(26)23-18)13-20(14)31(28,29)24-10-7-17(8-11-24)22(27)25-9-5-4-6-15(25)2/h12-13,15-17H,4-11H2,1-3H3,(H,23,26)/t15-,16-/m0/s1. The number of ether oxygens (including phenoxy) is 1. The van der Waals surface area contributed by atoms with Gasteiger partial charge >= 0.3 is 0 Å². The van der Waals surface area contributed by atoms with Gasteiger partial charge in [-0.1, -0.05) is 0 Å². The van der Waals surface area contributed by atoms with Crippen molar-refractivity contribution in [1.82, 2.24) is 9.21 Å². The van der Waals surface area contributed by atoms with Crippen LogP contribution >= 0.6 is 0 Å². The van der Waals surface area contributed by atoms with E-state index in [2.05, 4.69) is 12.2 Å². The highest BCUT2D eigenvalue weighted by Gasteiger charge is 2.36. The summed E-state index contributed by atoms with van der Waals surface area (Å²) < 4.78 is 33.8. The van der Waals surface area contributed by atoms with Gasteiger partial charge in [0.25, 0.3) is 5.91 Å². The largest absolute Gasteiger partial charge is 0.479 e. The van der Waals surface area contributed by atoms with Crippen molar-refractivity contribution in [2.24, 2.45) is 5.92 Å². The summed E-state index contributed by atoms with van der Waals surface area (Å²) in [5.74, 6) is 0.168. The van der Waals surface area contributed by atoms with Gasteiger partial charge in [-0.2, -0.15) is 4.31 Å². The molecule has 3 aliphatic rings. The van der Waals surface area contributed by atoms with Crippen molar-refractivity contribution >= 4 is 27.5 Å². The molecule has 2 fully saturated rings. The lowest BCUT2D eigenvalue weighted by Crippen LogP contribution is -2.48. The van der Waals surface area contributed by atoms with Crippen molar-refractivity contribution in [3.05, 3.63) is 17.7 Å². The number of fused-ring (bicyclic) bond motifs is 1. The van der Waals surface area contributed by atoms with Gasteiger partial charge in [-0.25, -0.2) is 8.42 Å². The molecule has 0 spiro atoms. The van der Waals surface area contributed by atoms with Crippen LogP contribution in [-0.4, -0.2) is 61.2 Å². The summed E-state index contributed by atoms with van der Waals surface area (Å²) in [6, 6.07) is 3.41. The van der Waals surface area contributed by atoms with Gasteiger partial charge in [0.1, 0.15) is 5.75 Å². The minimum Gasteiger partial charge on any atom is -0.479 e. The van der Waals surface area contributed by atoms with Crippen molar-refractivity contribution in [3.8, 4) is 5.75 Å². The Morgan fingerprint density at radius 3 is 2.48 bits per heavy atom. The molecule has 0 saturated carbocycles. The Bertz CT molecular complexity index is 985. The van der Waals surface area contributed by atoms with Gasteiger partial charge in [0, 0.05) is 37.7 Å². The number of anilines is 1. The van der Waals surface area contributed by atoms with Crippen molar-refractivity contribution in [1.29, 1.82) is 0 Å². The third-order valence-electron chi connectivity index (χ3n) is 6.72. The number of piperidine rings is 2. The molecule has 0 aliphatic carbocycles. The van der Waals surface area contributed by atoms with Crippen LogP contribution < -0.4 is 10.1 Å². The van der Waals surface area contributed by atoms with Crippen LogP contribution in [0.3, 0.4) is 0 Å². The zero-order valence-corrected chi connectivity index (χ0v) is 19.2. The number of nitrogens with zero attached hydrogens (tertiary/aromatic N) is 2. The molecular formula is C22H31N3O5S. The van der Waals surface area contributed by atoms with Crippen LogP contribution in [-0.2, 0) is 19.6 Å². The quantitative estimate of drug-likeness (QED) is 0.765. The number of rotatable bonds is 3. The van der Waals surface area contributed by atoms with Gasteiger partial charge in [-0.05, 0) is 64.5 Å². The number of sulfonamides is 1. The lowest BCUT2D eigenvalue weighted by molar-refractivity contribution is -0.140. The van der Waals surface area contributed by atoms with Crippen LogP contribution in [0.2, 0.25) is 0 Å². The third kappa shape index (κ3) is 4.17. The first-order chi connectivity index (χ1) is 14.7. The number of hydrogen-bond acceptors (Lipinski definition) is 5. The molecule has 9 heteroatoms. The number of carbonyl (C=O) groups excluding carboxylic acids is 2. The van der Waals surface area contributed by atoms with Crippen LogP contribution in [0.25, 0.3) is 0 Å². The molecule has 2 atom stereocenters. The van der Waals surface area contributed by atoms with Crippen molar-refractivity contribution in [2.75, 3.05) is 25.0 Å². The molecule has 1 aromatic carbocycles. The maximum atomic E-state index is 13.4. The molecular weight excluding hydrogens is 418 g/mol. The summed E-state index contributed by atoms with van der Waals surface area (Å²) in [4.78, 5) is 27.0. The van der Waals surface area contributed by atoms with Crippen molar-refractivity contribution in [2.45, 2.75) is 69.9 Å². The first kappa shape index (κ1) is 22.1. The monoisotopic (exact) mass is 449 g/mol. The van der Waals surface area contributed by atoms with Gasteiger partial charge in [-0.15, -0.1) is 0 Å². The molecule has 1 N–H and O–H groups in total. The second-order valence-corrected chi connectivity index (χ2v) is 10.8. The lowest BCUT2D eigenvalue weighted by Gasteiger charge is -2.38. The second-order valence-electron chi connectivity index (χ2n) is 8.92.